The van der Waals surface area contributed by atoms with Crippen LogP contribution in [-0.4, -0.2) is 29.1 Å². The lowest BCUT2D eigenvalue weighted by Crippen LogP contribution is -2.52. The molecule has 0 saturated carbocycles. The van der Waals surface area contributed by atoms with Gasteiger partial charge in [-0.1, -0.05) is 26.8 Å². The molecule has 0 spiro atoms. The van der Waals surface area contributed by atoms with Crippen molar-refractivity contribution in [2.24, 2.45) is 5.41 Å². The van der Waals surface area contributed by atoms with E-state index in [4.69, 9.17) is 9.84 Å². The van der Waals surface area contributed by atoms with Crippen LogP contribution in [0.25, 0.3) is 0 Å². The average Bonchev–Trinajstić information content (AvgIpc) is 2.33. The highest BCUT2D eigenvalue weighted by Crippen LogP contribution is 2.20. The second kappa shape index (κ2) is 6.56. The molecule has 0 aromatic heterocycles. The molecule has 1 unspecified atom stereocenters. The molecule has 1 amide bonds. The van der Waals surface area contributed by atoms with Crippen molar-refractivity contribution in [2.75, 3.05) is 0 Å². The number of amides is 1. The van der Waals surface area contributed by atoms with Crippen molar-refractivity contribution < 1.29 is 23.8 Å². The summed E-state index contributed by atoms with van der Waals surface area (Å²) in [5, 5.41) is 11.6. The minimum Gasteiger partial charge on any atom is -0.481 e. The molecule has 1 aromatic carbocycles. The van der Waals surface area contributed by atoms with Crippen molar-refractivity contribution in [2.45, 2.75) is 39.8 Å². The Morgan fingerprint density at radius 1 is 1.33 bits per heavy atom. The predicted octanol–water partition coefficient (Wildman–Crippen LogP) is 2.21. The Bertz CT molecular complexity index is 525. The Labute approximate surface area is 123 Å². The third-order valence-corrected chi connectivity index (χ3v) is 2.88. The summed E-state index contributed by atoms with van der Waals surface area (Å²) < 4.78 is 18.3. The van der Waals surface area contributed by atoms with E-state index in [9.17, 15) is 14.0 Å². The smallest absolute Gasteiger partial charge is 0.326 e. The molecule has 2 atom stereocenters. The number of carboxylic acid groups (broad SMARTS) is 1. The zero-order valence-corrected chi connectivity index (χ0v) is 12.5. The molecule has 5 nitrogen and oxygen atoms in total. The van der Waals surface area contributed by atoms with Gasteiger partial charge >= 0.3 is 5.97 Å². The van der Waals surface area contributed by atoms with E-state index in [1.807, 2.05) is 0 Å². The average molecular weight is 297 g/mol. The maximum absolute atomic E-state index is 13.0. The summed E-state index contributed by atoms with van der Waals surface area (Å²) in [6, 6.07) is 4.36. The molecule has 1 rings (SSSR count). The lowest BCUT2D eigenvalue weighted by atomic mass is 9.86. The van der Waals surface area contributed by atoms with E-state index in [1.165, 1.54) is 25.1 Å². The van der Waals surface area contributed by atoms with Gasteiger partial charge in [0.25, 0.3) is 5.91 Å². The number of aliphatic carboxylic acids is 1. The fourth-order valence-corrected chi connectivity index (χ4v) is 1.71. The normalized spacial score (nSPS) is 14.1. The van der Waals surface area contributed by atoms with Crippen LogP contribution in [0, 0.1) is 11.2 Å². The van der Waals surface area contributed by atoms with Gasteiger partial charge in [-0.05, 0) is 24.5 Å². The van der Waals surface area contributed by atoms with Gasteiger partial charge in [-0.3, -0.25) is 4.79 Å². The summed E-state index contributed by atoms with van der Waals surface area (Å²) in [6.45, 7) is 6.61. The molecule has 6 heteroatoms. The fraction of sp³-hybridized carbons (Fsp3) is 0.467. The first-order valence-corrected chi connectivity index (χ1v) is 6.56. The number of benzene rings is 1. The van der Waals surface area contributed by atoms with E-state index in [0.29, 0.717) is 0 Å². The molecule has 0 bridgehead atoms. The molecular weight excluding hydrogens is 277 g/mol. The number of carbonyl (C=O) groups is 2. The Balaban J connectivity index is 2.72. The van der Waals surface area contributed by atoms with Gasteiger partial charge in [0.05, 0.1) is 0 Å². The van der Waals surface area contributed by atoms with Gasteiger partial charge in [0.15, 0.2) is 6.10 Å². The van der Waals surface area contributed by atoms with Crippen LogP contribution < -0.4 is 10.1 Å². The fourth-order valence-electron chi connectivity index (χ4n) is 1.71. The maximum atomic E-state index is 13.0. The SMILES string of the molecule is CC(Oc1cccc(F)c1)C(=O)N[C@H](C(=O)O)C(C)(C)C. The van der Waals surface area contributed by atoms with Crippen molar-refractivity contribution in [3.8, 4) is 5.75 Å². The van der Waals surface area contributed by atoms with E-state index in [2.05, 4.69) is 5.32 Å². The van der Waals surface area contributed by atoms with Gasteiger partial charge in [0, 0.05) is 6.07 Å². The number of rotatable bonds is 5. The highest BCUT2D eigenvalue weighted by atomic mass is 19.1. The highest BCUT2D eigenvalue weighted by Gasteiger charge is 2.33. The van der Waals surface area contributed by atoms with E-state index in [0.717, 1.165) is 6.07 Å². The quantitative estimate of drug-likeness (QED) is 0.873. The topological polar surface area (TPSA) is 75.6 Å². The zero-order valence-electron chi connectivity index (χ0n) is 12.5. The maximum Gasteiger partial charge on any atom is 0.326 e. The van der Waals surface area contributed by atoms with Crippen molar-refractivity contribution >= 4 is 11.9 Å². The van der Waals surface area contributed by atoms with Gasteiger partial charge in [-0.25, -0.2) is 9.18 Å². The zero-order chi connectivity index (χ0) is 16.2. The Morgan fingerprint density at radius 2 is 1.95 bits per heavy atom. The number of hydrogen-bond donors (Lipinski definition) is 2. The third-order valence-electron chi connectivity index (χ3n) is 2.88. The van der Waals surface area contributed by atoms with Crippen LogP contribution in [0.15, 0.2) is 24.3 Å². The van der Waals surface area contributed by atoms with Crippen molar-refractivity contribution in [3.05, 3.63) is 30.1 Å². The van der Waals surface area contributed by atoms with Crippen molar-refractivity contribution in [1.82, 2.24) is 5.32 Å². The highest BCUT2D eigenvalue weighted by molar-refractivity contribution is 5.86. The predicted molar refractivity (Wildman–Crippen MR) is 75.5 cm³/mol. The molecular formula is C15H20FNO4. The molecule has 0 fully saturated rings. The molecule has 0 radical (unpaired) electrons. The number of hydrogen-bond acceptors (Lipinski definition) is 3. The van der Waals surface area contributed by atoms with Gasteiger partial charge in [0.1, 0.15) is 17.6 Å². The molecule has 0 aliphatic rings. The largest absolute Gasteiger partial charge is 0.481 e. The minimum atomic E-state index is -1.12. The first-order chi connectivity index (χ1) is 9.61. The van der Waals surface area contributed by atoms with Crippen LogP contribution in [0.1, 0.15) is 27.7 Å². The van der Waals surface area contributed by atoms with Gasteiger partial charge in [-0.2, -0.15) is 0 Å². The summed E-state index contributed by atoms with van der Waals surface area (Å²) in [7, 11) is 0. The van der Waals surface area contributed by atoms with Crippen LogP contribution in [0.2, 0.25) is 0 Å². The second-order valence-corrected chi connectivity index (χ2v) is 5.86. The van der Waals surface area contributed by atoms with Crippen LogP contribution in [0.3, 0.4) is 0 Å². The van der Waals surface area contributed by atoms with Crippen molar-refractivity contribution in [1.29, 1.82) is 0 Å². The van der Waals surface area contributed by atoms with Crippen LogP contribution >= 0.6 is 0 Å². The Kier molecular flexibility index (Phi) is 5.29. The van der Waals surface area contributed by atoms with E-state index < -0.39 is 35.3 Å². The number of carboxylic acids is 1. The van der Waals surface area contributed by atoms with Gasteiger partial charge in [-0.15, -0.1) is 0 Å². The summed E-state index contributed by atoms with van der Waals surface area (Å²) in [5.74, 6) is -1.95. The summed E-state index contributed by atoms with van der Waals surface area (Å²) >= 11 is 0. The molecule has 2 N–H and O–H groups in total. The van der Waals surface area contributed by atoms with Crippen LogP contribution in [0.5, 0.6) is 5.75 Å². The van der Waals surface area contributed by atoms with Crippen molar-refractivity contribution in [3.63, 3.8) is 0 Å². The standard InChI is InChI=1S/C15H20FNO4/c1-9(21-11-7-5-6-10(16)8-11)13(18)17-12(14(19)20)15(2,3)4/h5-9,12H,1-4H3,(H,17,18)(H,19,20)/t9?,12-/m1/s1. The summed E-state index contributed by atoms with van der Waals surface area (Å²) in [6.07, 6.45) is -0.934. The number of carbonyl (C=O) groups excluding carboxylic acids is 1. The van der Waals surface area contributed by atoms with E-state index in [-0.39, 0.29) is 5.75 Å². The number of ether oxygens (including phenoxy) is 1. The number of halogens is 1. The molecule has 21 heavy (non-hydrogen) atoms. The molecule has 1 aromatic rings. The lowest BCUT2D eigenvalue weighted by Gasteiger charge is -2.28. The van der Waals surface area contributed by atoms with Gasteiger partial charge in [0.2, 0.25) is 0 Å². The van der Waals surface area contributed by atoms with Crippen LogP contribution in [0.4, 0.5) is 4.39 Å². The second-order valence-electron chi connectivity index (χ2n) is 5.86. The Morgan fingerprint density at radius 3 is 2.43 bits per heavy atom. The van der Waals surface area contributed by atoms with E-state index in [1.54, 1.807) is 20.8 Å². The van der Waals surface area contributed by atoms with Gasteiger partial charge < -0.3 is 15.2 Å². The lowest BCUT2D eigenvalue weighted by molar-refractivity contribution is -0.146. The summed E-state index contributed by atoms with van der Waals surface area (Å²) in [4.78, 5) is 23.2. The first kappa shape index (κ1) is 16.9. The Hall–Kier alpha value is -2.11. The first-order valence-electron chi connectivity index (χ1n) is 6.56. The molecule has 0 aliphatic heterocycles. The summed E-state index contributed by atoms with van der Waals surface area (Å²) in [5.41, 5.74) is -0.639. The molecule has 0 heterocycles. The number of nitrogens with one attached hydrogen (secondary N) is 1. The van der Waals surface area contributed by atoms with E-state index >= 15 is 0 Å². The molecule has 0 saturated heterocycles. The molecule has 116 valence electrons. The monoisotopic (exact) mass is 297 g/mol. The minimum absolute atomic E-state index is 0.209. The molecule has 0 aliphatic carbocycles. The van der Waals surface area contributed by atoms with Crippen LogP contribution in [-0.2, 0) is 9.59 Å². The third kappa shape index (κ3) is 5.06.